The van der Waals surface area contributed by atoms with E-state index in [9.17, 15) is 13.2 Å². The van der Waals surface area contributed by atoms with E-state index in [4.69, 9.17) is 5.84 Å². The first kappa shape index (κ1) is 14.3. The van der Waals surface area contributed by atoms with E-state index in [2.05, 4.69) is 17.6 Å². The molecule has 0 bridgehead atoms. The monoisotopic (exact) mass is 272 g/mol. The molecule has 2 nitrogen and oxygen atoms in total. The van der Waals surface area contributed by atoms with E-state index in [0.717, 1.165) is 24.8 Å². The van der Waals surface area contributed by atoms with Gasteiger partial charge in [-0.1, -0.05) is 18.2 Å². The van der Waals surface area contributed by atoms with Crippen LogP contribution in [-0.4, -0.2) is 6.18 Å². The Morgan fingerprint density at radius 2 is 1.95 bits per heavy atom. The maximum absolute atomic E-state index is 12.1. The van der Waals surface area contributed by atoms with Crippen molar-refractivity contribution >= 4 is 0 Å². The van der Waals surface area contributed by atoms with Crippen molar-refractivity contribution in [1.29, 1.82) is 0 Å². The van der Waals surface area contributed by atoms with Crippen LogP contribution in [0, 0.1) is 0 Å². The quantitative estimate of drug-likeness (QED) is 0.636. The minimum atomic E-state index is -4.09. The highest BCUT2D eigenvalue weighted by atomic mass is 19.4. The predicted molar refractivity (Wildman–Crippen MR) is 68.4 cm³/mol. The molecule has 1 aliphatic rings. The van der Waals surface area contributed by atoms with Crippen LogP contribution in [0.4, 0.5) is 13.2 Å². The molecule has 0 fully saturated rings. The van der Waals surface area contributed by atoms with E-state index in [1.54, 1.807) is 0 Å². The Morgan fingerprint density at radius 1 is 1.21 bits per heavy atom. The van der Waals surface area contributed by atoms with Gasteiger partial charge in [0.25, 0.3) is 0 Å². The molecule has 106 valence electrons. The molecular formula is C14H19F3N2. The molecule has 0 aliphatic heterocycles. The molecule has 1 atom stereocenters. The van der Waals surface area contributed by atoms with Gasteiger partial charge < -0.3 is 0 Å². The van der Waals surface area contributed by atoms with Crippen LogP contribution in [0.2, 0.25) is 0 Å². The van der Waals surface area contributed by atoms with Crippen molar-refractivity contribution in [3.8, 4) is 0 Å². The van der Waals surface area contributed by atoms with Gasteiger partial charge in [-0.15, -0.1) is 0 Å². The molecule has 1 aromatic rings. The normalized spacial score (nSPS) is 16.4. The molecule has 0 spiro atoms. The molecule has 2 rings (SSSR count). The SMILES string of the molecule is NNC(CCCC(F)(F)F)c1ccc2c(c1)CCC2. The highest BCUT2D eigenvalue weighted by Gasteiger charge is 2.27. The smallest absolute Gasteiger partial charge is 0.271 e. The van der Waals surface area contributed by atoms with Gasteiger partial charge in [-0.2, -0.15) is 13.2 Å². The second kappa shape index (κ2) is 5.92. The van der Waals surface area contributed by atoms with E-state index >= 15 is 0 Å². The summed E-state index contributed by atoms with van der Waals surface area (Å²) >= 11 is 0. The lowest BCUT2D eigenvalue weighted by molar-refractivity contribution is -0.135. The van der Waals surface area contributed by atoms with Gasteiger partial charge >= 0.3 is 6.18 Å². The first-order valence-corrected chi connectivity index (χ1v) is 6.64. The predicted octanol–water partition coefficient (Wildman–Crippen LogP) is 3.41. The van der Waals surface area contributed by atoms with Crippen LogP contribution in [-0.2, 0) is 12.8 Å². The fraction of sp³-hybridized carbons (Fsp3) is 0.571. The first-order chi connectivity index (χ1) is 8.99. The molecule has 0 saturated carbocycles. The van der Waals surface area contributed by atoms with Crippen molar-refractivity contribution < 1.29 is 13.2 Å². The Kier molecular flexibility index (Phi) is 4.47. The summed E-state index contributed by atoms with van der Waals surface area (Å²) in [5.41, 5.74) is 6.29. The van der Waals surface area contributed by atoms with E-state index < -0.39 is 12.6 Å². The Labute approximate surface area is 111 Å². The number of nitrogens with two attached hydrogens (primary N) is 1. The second-order valence-electron chi connectivity index (χ2n) is 5.11. The molecule has 1 aromatic carbocycles. The molecule has 19 heavy (non-hydrogen) atoms. The number of benzene rings is 1. The van der Waals surface area contributed by atoms with E-state index in [-0.39, 0.29) is 12.5 Å². The van der Waals surface area contributed by atoms with Gasteiger partial charge in [-0.05, 0) is 48.8 Å². The lowest BCUT2D eigenvalue weighted by Gasteiger charge is -2.18. The minimum absolute atomic E-state index is 0.0927. The van der Waals surface area contributed by atoms with Crippen molar-refractivity contribution in [2.24, 2.45) is 5.84 Å². The van der Waals surface area contributed by atoms with Crippen LogP contribution >= 0.6 is 0 Å². The average molecular weight is 272 g/mol. The Morgan fingerprint density at radius 3 is 2.63 bits per heavy atom. The number of hydrazine groups is 1. The number of rotatable bonds is 5. The molecule has 0 amide bonds. The Bertz CT molecular complexity index is 429. The third-order valence-corrected chi connectivity index (χ3v) is 3.68. The molecule has 0 saturated heterocycles. The lowest BCUT2D eigenvalue weighted by atomic mass is 9.98. The van der Waals surface area contributed by atoms with Crippen LogP contribution < -0.4 is 11.3 Å². The Balaban J connectivity index is 1.97. The van der Waals surface area contributed by atoms with Crippen LogP contribution in [0.15, 0.2) is 18.2 Å². The highest BCUT2D eigenvalue weighted by Crippen LogP contribution is 2.29. The lowest BCUT2D eigenvalue weighted by Crippen LogP contribution is -2.28. The summed E-state index contributed by atoms with van der Waals surface area (Å²) in [7, 11) is 0. The van der Waals surface area contributed by atoms with Crippen LogP contribution in [0.1, 0.15) is 48.4 Å². The number of fused-ring (bicyclic) bond motifs is 1. The van der Waals surface area contributed by atoms with Gasteiger partial charge in [0.1, 0.15) is 0 Å². The summed E-state index contributed by atoms with van der Waals surface area (Å²) in [4.78, 5) is 0. The van der Waals surface area contributed by atoms with Gasteiger partial charge in [0.15, 0.2) is 0 Å². The fourth-order valence-corrected chi connectivity index (χ4v) is 2.66. The minimum Gasteiger partial charge on any atom is -0.271 e. The molecule has 0 heterocycles. The fourth-order valence-electron chi connectivity index (χ4n) is 2.66. The third kappa shape index (κ3) is 3.94. The summed E-state index contributed by atoms with van der Waals surface area (Å²) in [5.74, 6) is 5.47. The standard InChI is InChI=1S/C14H19F3N2/c15-14(16,17)8-2-5-13(19-18)12-7-6-10-3-1-4-11(10)9-12/h6-7,9,13,19H,1-5,8,18H2. The maximum atomic E-state index is 12.1. The summed E-state index contributed by atoms with van der Waals surface area (Å²) in [6.07, 6.45) is -1.03. The largest absolute Gasteiger partial charge is 0.389 e. The van der Waals surface area contributed by atoms with E-state index in [0.29, 0.717) is 6.42 Å². The highest BCUT2D eigenvalue weighted by molar-refractivity contribution is 5.36. The van der Waals surface area contributed by atoms with Crippen LogP contribution in [0.25, 0.3) is 0 Å². The number of hydrogen-bond donors (Lipinski definition) is 2. The van der Waals surface area contributed by atoms with Crippen LogP contribution in [0.3, 0.4) is 0 Å². The maximum Gasteiger partial charge on any atom is 0.389 e. The first-order valence-electron chi connectivity index (χ1n) is 6.64. The zero-order valence-corrected chi connectivity index (χ0v) is 10.8. The molecule has 1 unspecified atom stereocenters. The summed E-state index contributed by atoms with van der Waals surface area (Å²) in [6.45, 7) is 0. The van der Waals surface area contributed by atoms with Crippen molar-refractivity contribution in [1.82, 2.24) is 5.43 Å². The average Bonchev–Trinajstić information content (AvgIpc) is 2.80. The summed E-state index contributed by atoms with van der Waals surface area (Å²) < 4.78 is 36.4. The molecule has 1 aliphatic carbocycles. The zero-order valence-electron chi connectivity index (χ0n) is 10.8. The molecule has 0 radical (unpaired) electrons. The van der Waals surface area contributed by atoms with Gasteiger partial charge in [-0.25, -0.2) is 0 Å². The number of hydrogen-bond acceptors (Lipinski definition) is 2. The number of halogens is 3. The second-order valence-corrected chi connectivity index (χ2v) is 5.11. The van der Waals surface area contributed by atoms with Crippen molar-refractivity contribution in [3.63, 3.8) is 0 Å². The molecular weight excluding hydrogens is 253 g/mol. The topological polar surface area (TPSA) is 38.0 Å². The third-order valence-electron chi connectivity index (χ3n) is 3.68. The summed E-state index contributed by atoms with van der Waals surface area (Å²) in [5, 5.41) is 0. The number of alkyl halides is 3. The zero-order chi connectivity index (χ0) is 13.9. The van der Waals surface area contributed by atoms with Crippen molar-refractivity contribution in [3.05, 3.63) is 34.9 Å². The van der Waals surface area contributed by atoms with Gasteiger partial charge in [0.2, 0.25) is 0 Å². The molecule has 5 heteroatoms. The van der Waals surface area contributed by atoms with Gasteiger partial charge in [-0.3, -0.25) is 11.3 Å². The van der Waals surface area contributed by atoms with E-state index in [1.165, 1.54) is 11.1 Å². The number of nitrogens with one attached hydrogen (secondary N) is 1. The van der Waals surface area contributed by atoms with Gasteiger partial charge in [0.05, 0.1) is 0 Å². The Hall–Kier alpha value is -1.07. The van der Waals surface area contributed by atoms with Crippen molar-refractivity contribution in [2.45, 2.75) is 50.7 Å². The van der Waals surface area contributed by atoms with Gasteiger partial charge in [0, 0.05) is 12.5 Å². The van der Waals surface area contributed by atoms with Crippen LogP contribution in [0.5, 0.6) is 0 Å². The molecule has 0 aromatic heterocycles. The van der Waals surface area contributed by atoms with E-state index in [1.807, 2.05) is 6.07 Å². The summed E-state index contributed by atoms with van der Waals surface area (Å²) in [6, 6.07) is 5.93. The van der Waals surface area contributed by atoms with Crippen molar-refractivity contribution in [2.75, 3.05) is 0 Å². The molecule has 3 N–H and O–H groups in total. The number of aryl methyl sites for hydroxylation is 2.